The van der Waals surface area contributed by atoms with Gasteiger partial charge in [-0.2, -0.15) is 0 Å². The maximum absolute atomic E-state index is 3.02. The Hall–Kier alpha value is -6.45. The molecule has 0 saturated heterocycles. The number of para-hydroxylation sites is 4. The molecule has 0 N–H and O–H groups in total. The van der Waals surface area contributed by atoms with Crippen LogP contribution in [0.4, 0.5) is 34.1 Å². The van der Waals surface area contributed by atoms with Gasteiger partial charge in [-0.05, 0) is 132 Å². The standard InChI is InChI=1S/C64H44B2N2S4Si/c1-37-21-25-51-43(29-37)65-44-30-38(2)22-26-52(44)70-56-34-41(33-55(69-51)63(56)65)67-47-13-5-9-17-59(47)73(60-18-10-6-14-48(60)67)61-19-11-7-15-49(61)68(50-16-8-12-20-62(50)73)42-35-57-64-58(36-42)72-54-28-24-40(4)32-46(54)66(64)45-31-39(3)23-27-53(45)71-57/h5-36H,1-4H3. The van der Waals surface area contributed by atoms with Crippen LogP contribution in [0.1, 0.15) is 22.3 Å². The molecule has 0 unspecified atom stereocenters. The molecule has 0 radical (unpaired) electrons. The Balaban J connectivity index is 0.894. The van der Waals surface area contributed by atoms with Crippen LogP contribution in [0.15, 0.2) is 233 Å². The predicted molar refractivity (Wildman–Crippen MR) is 317 cm³/mol. The van der Waals surface area contributed by atoms with Crippen LogP contribution < -0.4 is 63.3 Å². The molecule has 344 valence electrons. The number of rotatable bonds is 2. The summed E-state index contributed by atoms with van der Waals surface area (Å²) in [6.07, 6.45) is 0. The first-order valence-corrected chi connectivity index (χ1v) is 30.5. The summed E-state index contributed by atoms with van der Waals surface area (Å²) in [4.78, 5) is 16.1. The van der Waals surface area contributed by atoms with E-state index in [9.17, 15) is 0 Å². The van der Waals surface area contributed by atoms with Gasteiger partial charge in [-0.25, -0.2) is 0 Å². The highest BCUT2D eigenvalue weighted by atomic mass is 32.2. The molecule has 0 amide bonds. The molecular formula is C64H44B2N2S4Si. The molecular weight excluding hydrogens is 975 g/mol. The van der Waals surface area contributed by atoms with Gasteiger partial charge < -0.3 is 9.80 Å². The van der Waals surface area contributed by atoms with Crippen molar-refractivity contribution in [3.8, 4) is 0 Å². The zero-order valence-corrected chi connectivity index (χ0v) is 44.9. The number of fused-ring (bicyclic) bond motifs is 16. The average molecular weight is 1020 g/mol. The lowest BCUT2D eigenvalue weighted by atomic mass is 9.36. The van der Waals surface area contributed by atoms with Crippen molar-refractivity contribution >= 4 is 156 Å². The van der Waals surface area contributed by atoms with Gasteiger partial charge in [0.15, 0.2) is 8.07 Å². The highest BCUT2D eigenvalue weighted by molar-refractivity contribution is 8.02. The number of hydrogen-bond donors (Lipinski definition) is 0. The van der Waals surface area contributed by atoms with Crippen molar-refractivity contribution in [2.45, 2.75) is 66.9 Å². The largest absolute Gasteiger partial charge is 0.311 e. The first kappa shape index (κ1) is 43.0. The minimum absolute atomic E-state index is 0.203. The van der Waals surface area contributed by atoms with Crippen LogP contribution >= 0.6 is 47.0 Å². The fraction of sp³-hybridized carbons (Fsp3) is 0.0625. The van der Waals surface area contributed by atoms with Gasteiger partial charge in [-0.15, -0.1) is 0 Å². The number of aryl methyl sites for hydroxylation is 4. The van der Waals surface area contributed by atoms with E-state index >= 15 is 0 Å². The summed E-state index contributed by atoms with van der Waals surface area (Å²) in [6, 6.07) is 76.1. The third-order valence-electron chi connectivity index (χ3n) is 16.3. The molecule has 10 aromatic rings. The van der Waals surface area contributed by atoms with Crippen LogP contribution in [0.5, 0.6) is 0 Å². The van der Waals surface area contributed by atoms with Gasteiger partial charge in [0, 0.05) is 73.3 Å². The molecule has 10 aromatic carbocycles. The molecule has 6 aliphatic heterocycles. The molecule has 9 heteroatoms. The van der Waals surface area contributed by atoms with Crippen LogP contribution in [-0.4, -0.2) is 21.5 Å². The van der Waals surface area contributed by atoms with Gasteiger partial charge >= 0.3 is 0 Å². The Morgan fingerprint density at radius 3 is 0.836 bits per heavy atom. The second kappa shape index (κ2) is 15.8. The summed E-state index contributed by atoms with van der Waals surface area (Å²) in [5.41, 5.74) is 21.4. The van der Waals surface area contributed by atoms with Gasteiger partial charge in [0.25, 0.3) is 0 Å². The van der Waals surface area contributed by atoms with Crippen molar-refractivity contribution in [1.29, 1.82) is 0 Å². The van der Waals surface area contributed by atoms with Gasteiger partial charge in [0.1, 0.15) is 0 Å². The van der Waals surface area contributed by atoms with Gasteiger partial charge in [-0.1, -0.05) is 212 Å². The molecule has 6 aliphatic rings. The summed E-state index contributed by atoms with van der Waals surface area (Å²) < 4.78 is 0. The summed E-state index contributed by atoms with van der Waals surface area (Å²) in [7, 11) is -3.02. The lowest BCUT2D eigenvalue weighted by molar-refractivity contribution is 1.22. The first-order valence-electron chi connectivity index (χ1n) is 25.3. The second-order valence-electron chi connectivity index (χ2n) is 20.6. The Morgan fingerprint density at radius 2 is 0.562 bits per heavy atom. The predicted octanol–water partition coefficient (Wildman–Crippen LogP) is 10.8. The Kier molecular flexibility index (Phi) is 9.29. The monoisotopic (exact) mass is 1020 g/mol. The molecule has 0 fully saturated rings. The third kappa shape index (κ3) is 6.03. The minimum atomic E-state index is -3.02. The van der Waals surface area contributed by atoms with E-state index in [1.165, 1.54) is 149 Å². The Labute approximate surface area is 445 Å². The summed E-state index contributed by atoms with van der Waals surface area (Å²) in [5.74, 6) is 0. The fourth-order valence-electron chi connectivity index (χ4n) is 13.3. The van der Waals surface area contributed by atoms with E-state index < -0.39 is 8.07 Å². The molecule has 0 aromatic heterocycles. The lowest BCUT2D eigenvalue weighted by Crippen LogP contribution is -2.79. The Bertz CT molecular complexity index is 3600. The highest BCUT2D eigenvalue weighted by Gasteiger charge is 2.54. The van der Waals surface area contributed by atoms with E-state index in [2.05, 4.69) is 232 Å². The van der Waals surface area contributed by atoms with E-state index in [1.54, 1.807) is 0 Å². The molecule has 0 aliphatic carbocycles. The summed E-state index contributed by atoms with van der Waals surface area (Å²) >= 11 is 7.79. The second-order valence-corrected chi connectivity index (χ2v) is 28.6. The quantitative estimate of drug-likeness (QED) is 0.158. The number of hydrogen-bond acceptors (Lipinski definition) is 6. The molecule has 0 atom stereocenters. The maximum atomic E-state index is 2.61. The van der Waals surface area contributed by atoms with Gasteiger partial charge in [-0.3, -0.25) is 0 Å². The van der Waals surface area contributed by atoms with Crippen LogP contribution in [0.25, 0.3) is 0 Å². The van der Waals surface area contributed by atoms with Crippen LogP contribution in [-0.2, 0) is 0 Å². The normalized spacial score (nSPS) is 15.2. The highest BCUT2D eigenvalue weighted by Crippen LogP contribution is 2.49. The maximum Gasteiger partial charge on any atom is 0.247 e. The van der Waals surface area contributed by atoms with Gasteiger partial charge in [0.2, 0.25) is 13.4 Å². The lowest BCUT2D eigenvalue weighted by Gasteiger charge is -2.50. The van der Waals surface area contributed by atoms with Crippen molar-refractivity contribution in [3.05, 3.63) is 216 Å². The van der Waals surface area contributed by atoms with Crippen molar-refractivity contribution in [3.63, 3.8) is 0 Å². The molecule has 73 heavy (non-hydrogen) atoms. The average Bonchev–Trinajstić information content (AvgIpc) is 3.43. The molecule has 1 spiro atoms. The summed E-state index contributed by atoms with van der Waals surface area (Å²) in [5, 5.41) is 5.70. The van der Waals surface area contributed by atoms with E-state index in [-0.39, 0.29) is 13.4 Å². The SMILES string of the molecule is Cc1ccc2c(c1)B1c3cc(C)ccc3Sc3cc(N4c5ccccc5[Si]5(c6ccccc64)c4ccccc4N(c4cc6c7c(c4)Sc4ccc(C)cc4B7c4cc(C)ccc4S6)c4ccccc45)cc(c31)S2. The topological polar surface area (TPSA) is 6.48 Å². The molecule has 0 bridgehead atoms. The zero-order valence-electron chi connectivity index (χ0n) is 40.7. The number of anilines is 6. The van der Waals surface area contributed by atoms with Crippen LogP contribution in [0, 0.1) is 27.7 Å². The Morgan fingerprint density at radius 1 is 0.301 bits per heavy atom. The molecule has 2 nitrogen and oxygen atoms in total. The van der Waals surface area contributed by atoms with Crippen molar-refractivity contribution in [2.75, 3.05) is 9.80 Å². The fourth-order valence-corrected chi connectivity index (χ4v) is 23.7. The van der Waals surface area contributed by atoms with Crippen LogP contribution in [0.2, 0.25) is 0 Å². The smallest absolute Gasteiger partial charge is 0.247 e. The summed E-state index contributed by atoms with van der Waals surface area (Å²) in [6.45, 7) is 9.34. The van der Waals surface area contributed by atoms with Crippen molar-refractivity contribution in [1.82, 2.24) is 0 Å². The number of benzene rings is 10. The van der Waals surface area contributed by atoms with E-state index in [0.29, 0.717) is 0 Å². The van der Waals surface area contributed by atoms with E-state index in [4.69, 9.17) is 0 Å². The van der Waals surface area contributed by atoms with Gasteiger partial charge in [0.05, 0.1) is 0 Å². The minimum Gasteiger partial charge on any atom is -0.311 e. The zero-order chi connectivity index (χ0) is 48.4. The number of nitrogens with zero attached hydrogens (tertiary/aromatic N) is 2. The molecule has 0 saturated carbocycles. The first-order chi connectivity index (χ1) is 35.8. The van der Waals surface area contributed by atoms with Crippen LogP contribution in [0.3, 0.4) is 0 Å². The molecule has 16 rings (SSSR count). The van der Waals surface area contributed by atoms with E-state index in [0.717, 1.165) is 0 Å². The molecule has 6 heterocycles. The third-order valence-corrected chi connectivity index (χ3v) is 25.8. The van der Waals surface area contributed by atoms with E-state index in [1.807, 2.05) is 47.0 Å². The van der Waals surface area contributed by atoms with Crippen molar-refractivity contribution in [2.24, 2.45) is 0 Å². The van der Waals surface area contributed by atoms with Crippen molar-refractivity contribution < 1.29 is 0 Å².